The highest BCUT2D eigenvalue weighted by atomic mass is 16.3. The second-order valence-electron chi connectivity index (χ2n) is 5.55. The fourth-order valence-corrected chi connectivity index (χ4v) is 2.37. The number of urea groups is 1. The second-order valence-corrected chi connectivity index (χ2v) is 5.55. The van der Waals surface area contributed by atoms with Crippen LogP contribution in [0.25, 0.3) is 5.65 Å². The Kier molecular flexibility index (Phi) is 4.72. The van der Waals surface area contributed by atoms with Crippen LogP contribution >= 0.6 is 0 Å². The summed E-state index contributed by atoms with van der Waals surface area (Å²) in [5.74, 6) is 0. The minimum atomic E-state index is -0.590. The van der Waals surface area contributed by atoms with E-state index in [-0.39, 0.29) is 6.03 Å². The molecule has 0 fully saturated rings. The lowest BCUT2D eigenvalue weighted by molar-refractivity contribution is 0.152. The average molecular weight is 325 g/mol. The number of carbonyl (C=O) groups excluding carboxylic acids is 1. The van der Waals surface area contributed by atoms with Gasteiger partial charge in [-0.1, -0.05) is 30.3 Å². The summed E-state index contributed by atoms with van der Waals surface area (Å²) in [5.41, 5.74) is 2.20. The number of hydrogen-bond donors (Lipinski definition) is 2. The molecule has 0 aliphatic heterocycles. The van der Waals surface area contributed by atoms with Crippen molar-refractivity contribution in [1.82, 2.24) is 19.5 Å². The zero-order valence-corrected chi connectivity index (χ0v) is 13.3. The van der Waals surface area contributed by atoms with Crippen LogP contribution in [0.5, 0.6) is 0 Å². The maximum atomic E-state index is 12.2. The van der Waals surface area contributed by atoms with E-state index < -0.39 is 6.10 Å². The number of nitrogens with zero attached hydrogens (tertiary/aromatic N) is 4. The quantitative estimate of drug-likeness (QED) is 0.754. The summed E-state index contributed by atoms with van der Waals surface area (Å²) in [6.07, 6.45) is 3.04. The first-order valence-electron chi connectivity index (χ1n) is 7.68. The third-order valence-electron chi connectivity index (χ3n) is 3.79. The minimum absolute atomic E-state index is 0.241. The molecule has 1 atom stereocenters. The van der Waals surface area contributed by atoms with Crippen LogP contribution in [0.15, 0.2) is 55.0 Å². The normalized spacial score (nSPS) is 12.1. The van der Waals surface area contributed by atoms with Crippen LogP contribution in [-0.4, -0.2) is 44.2 Å². The van der Waals surface area contributed by atoms with Gasteiger partial charge < -0.3 is 15.3 Å². The van der Waals surface area contributed by atoms with Crippen molar-refractivity contribution >= 4 is 17.4 Å². The van der Waals surface area contributed by atoms with Crippen LogP contribution < -0.4 is 5.32 Å². The van der Waals surface area contributed by atoms with Gasteiger partial charge >= 0.3 is 6.03 Å². The summed E-state index contributed by atoms with van der Waals surface area (Å²) < 4.78 is 1.59. The fraction of sp³-hybridized carbons (Fsp3) is 0.235. The van der Waals surface area contributed by atoms with Crippen LogP contribution in [0.2, 0.25) is 0 Å². The van der Waals surface area contributed by atoms with Crippen molar-refractivity contribution < 1.29 is 9.90 Å². The molecule has 3 aromatic rings. The largest absolute Gasteiger partial charge is 0.388 e. The van der Waals surface area contributed by atoms with E-state index in [0.717, 1.165) is 5.56 Å². The molecule has 0 bridgehead atoms. The highest BCUT2D eigenvalue weighted by Gasteiger charge is 2.13. The summed E-state index contributed by atoms with van der Waals surface area (Å²) in [5, 5.41) is 17.0. The first-order valence-corrected chi connectivity index (χ1v) is 7.68. The topological polar surface area (TPSA) is 82.8 Å². The van der Waals surface area contributed by atoms with Crippen molar-refractivity contribution in [3.05, 3.63) is 60.6 Å². The van der Waals surface area contributed by atoms with Gasteiger partial charge in [-0.05, 0) is 24.1 Å². The Balaban J connectivity index is 1.54. The highest BCUT2D eigenvalue weighted by Crippen LogP contribution is 2.16. The van der Waals surface area contributed by atoms with Crippen molar-refractivity contribution in [2.24, 2.45) is 0 Å². The molecule has 0 spiro atoms. The first-order chi connectivity index (χ1) is 11.6. The maximum absolute atomic E-state index is 12.2. The number of aliphatic hydroxyl groups is 1. The van der Waals surface area contributed by atoms with Crippen molar-refractivity contribution in [2.45, 2.75) is 12.5 Å². The summed E-state index contributed by atoms with van der Waals surface area (Å²) in [6.45, 7) is 0.438. The van der Waals surface area contributed by atoms with E-state index >= 15 is 0 Å². The number of aliphatic hydroxyl groups excluding tert-OH is 1. The van der Waals surface area contributed by atoms with Gasteiger partial charge in [-0.3, -0.25) is 0 Å². The molecule has 0 aliphatic rings. The number of nitrogens with one attached hydrogen (secondary N) is 1. The molecule has 24 heavy (non-hydrogen) atoms. The number of anilines is 1. The van der Waals surface area contributed by atoms with Crippen LogP contribution in [0.3, 0.4) is 0 Å². The van der Waals surface area contributed by atoms with E-state index in [4.69, 9.17) is 0 Å². The molecule has 3 rings (SSSR count). The van der Waals surface area contributed by atoms with Gasteiger partial charge in [0.05, 0.1) is 18.0 Å². The van der Waals surface area contributed by atoms with Crippen molar-refractivity contribution in [3.63, 3.8) is 0 Å². The molecular formula is C17H19N5O2. The number of hydrogen-bond acceptors (Lipinski definition) is 4. The number of aromatic nitrogens is 3. The summed E-state index contributed by atoms with van der Waals surface area (Å²) in [4.78, 5) is 17.8. The number of rotatable bonds is 5. The number of fused-ring (bicyclic) bond motifs is 1. The van der Waals surface area contributed by atoms with Gasteiger partial charge in [0.1, 0.15) is 6.33 Å². The molecule has 1 aromatic carbocycles. The zero-order chi connectivity index (χ0) is 16.9. The Morgan fingerprint density at radius 2 is 2.08 bits per heavy atom. The van der Waals surface area contributed by atoms with E-state index in [1.165, 1.54) is 11.2 Å². The lowest BCUT2D eigenvalue weighted by Crippen LogP contribution is -2.32. The molecule has 0 saturated carbocycles. The molecular weight excluding hydrogens is 306 g/mol. The average Bonchev–Trinajstić information content (AvgIpc) is 3.07. The molecule has 2 N–H and O–H groups in total. The van der Waals surface area contributed by atoms with Crippen LogP contribution in [-0.2, 0) is 0 Å². The Morgan fingerprint density at radius 3 is 2.88 bits per heavy atom. The van der Waals surface area contributed by atoms with E-state index in [0.29, 0.717) is 24.3 Å². The number of benzene rings is 1. The van der Waals surface area contributed by atoms with Crippen LogP contribution in [0.1, 0.15) is 18.1 Å². The van der Waals surface area contributed by atoms with Gasteiger partial charge in [0, 0.05) is 13.6 Å². The van der Waals surface area contributed by atoms with E-state index in [1.54, 1.807) is 29.9 Å². The van der Waals surface area contributed by atoms with E-state index in [2.05, 4.69) is 15.4 Å². The number of carbonyl (C=O) groups is 1. The molecule has 2 aromatic heterocycles. The molecule has 7 nitrogen and oxygen atoms in total. The molecule has 0 saturated heterocycles. The standard InChI is InChI=1S/C17H19N5O2/c1-21(10-9-15(23)13-5-3-2-4-6-13)17(24)20-14-7-8-16-18-12-19-22(16)11-14/h2-8,11-12,15,23H,9-10H2,1H3,(H,20,24). The highest BCUT2D eigenvalue weighted by molar-refractivity contribution is 5.89. The Hall–Kier alpha value is -2.93. The Labute approximate surface area is 139 Å². The predicted molar refractivity (Wildman–Crippen MR) is 90.7 cm³/mol. The van der Waals surface area contributed by atoms with Gasteiger partial charge in [-0.25, -0.2) is 14.3 Å². The molecule has 7 heteroatoms. The van der Waals surface area contributed by atoms with E-state index in [9.17, 15) is 9.90 Å². The smallest absolute Gasteiger partial charge is 0.321 e. The van der Waals surface area contributed by atoms with E-state index in [1.807, 2.05) is 30.3 Å². The van der Waals surface area contributed by atoms with Crippen molar-refractivity contribution in [1.29, 1.82) is 0 Å². The zero-order valence-electron chi connectivity index (χ0n) is 13.3. The number of pyridine rings is 1. The van der Waals surface area contributed by atoms with Crippen molar-refractivity contribution in [3.8, 4) is 0 Å². The van der Waals surface area contributed by atoms with Crippen LogP contribution in [0, 0.1) is 0 Å². The monoisotopic (exact) mass is 325 g/mol. The van der Waals surface area contributed by atoms with Gasteiger partial charge in [0.15, 0.2) is 5.65 Å². The summed E-state index contributed by atoms with van der Waals surface area (Å²) >= 11 is 0. The second kappa shape index (κ2) is 7.10. The Morgan fingerprint density at radius 1 is 1.29 bits per heavy atom. The molecule has 0 aliphatic carbocycles. The van der Waals surface area contributed by atoms with Crippen molar-refractivity contribution in [2.75, 3.05) is 18.9 Å². The maximum Gasteiger partial charge on any atom is 0.321 e. The molecule has 2 heterocycles. The Bertz CT molecular complexity index is 818. The van der Waals surface area contributed by atoms with Gasteiger partial charge in [0.25, 0.3) is 0 Å². The van der Waals surface area contributed by atoms with Gasteiger partial charge in [0.2, 0.25) is 0 Å². The molecule has 2 amide bonds. The number of amides is 2. The third-order valence-corrected chi connectivity index (χ3v) is 3.79. The van der Waals surface area contributed by atoms with Gasteiger partial charge in [-0.15, -0.1) is 0 Å². The fourth-order valence-electron chi connectivity index (χ4n) is 2.37. The third kappa shape index (κ3) is 3.69. The lowest BCUT2D eigenvalue weighted by Gasteiger charge is -2.20. The predicted octanol–water partition coefficient (Wildman–Crippen LogP) is 2.32. The van der Waals surface area contributed by atoms with Crippen LogP contribution in [0.4, 0.5) is 10.5 Å². The molecule has 124 valence electrons. The molecule has 0 radical (unpaired) electrons. The summed E-state index contributed by atoms with van der Waals surface area (Å²) in [6, 6.07) is 12.7. The first kappa shape index (κ1) is 15.9. The SMILES string of the molecule is CN(CCC(O)c1ccccc1)C(=O)Nc1ccc2ncnn2c1. The minimum Gasteiger partial charge on any atom is -0.388 e. The molecule has 1 unspecified atom stereocenters. The lowest BCUT2D eigenvalue weighted by atomic mass is 10.1. The van der Waals surface area contributed by atoms with Gasteiger partial charge in [-0.2, -0.15) is 5.10 Å². The summed E-state index contributed by atoms with van der Waals surface area (Å²) in [7, 11) is 1.70.